The van der Waals surface area contributed by atoms with Crippen molar-refractivity contribution in [1.29, 1.82) is 0 Å². The first-order valence-electron chi connectivity index (χ1n) is 6.46. The highest BCUT2D eigenvalue weighted by atomic mass is 16.3. The Hall–Kier alpha value is -1.36. The summed E-state index contributed by atoms with van der Waals surface area (Å²) in [6, 6.07) is 1.49. The van der Waals surface area contributed by atoms with Gasteiger partial charge in [-0.3, -0.25) is 4.79 Å². The molecular weight excluding hydrogens is 230 g/mol. The number of aromatic nitrogens is 2. The van der Waals surface area contributed by atoms with Gasteiger partial charge < -0.3 is 15.4 Å². The van der Waals surface area contributed by atoms with Gasteiger partial charge in [-0.1, -0.05) is 13.8 Å². The lowest BCUT2D eigenvalue weighted by molar-refractivity contribution is 0.220. The molecule has 0 saturated heterocycles. The van der Waals surface area contributed by atoms with Crippen LogP contribution in [0.25, 0.3) is 0 Å². The highest BCUT2D eigenvalue weighted by Gasteiger charge is 2.26. The fourth-order valence-corrected chi connectivity index (χ4v) is 1.84. The van der Waals surface area contributed by atoms with Gasteiger partial charge in [-0.05, 0) is 24.7 Å². The summed E-state index contributed by atoms with van der Waals surface area (Å²) in [6.45, 7) is 5.01. The maximum absolute atomic E-state index is 11.5. The number of nitrogens with one attached hydrogen (secondary N) is 2. The molecule has 1 aromatic rings. The van der Waals surface area contributed by atoms with E-state index in [2.05, 4.69) is 29.1 Å². The monoisotopic (exact) mass is 251 g/mol. The van der Waals surface area contributed by atoms with Crippen molar-refractivity contribution in [3.05, 3.63) is 22.2 Å². The highest BCUT2D eigenvalue weighted by molar-refractivity contribution is 5.34. The second-order valence-corrected chi connectivity index (χ2v) is 5.78. The molecular formula is C13H21N3O2. The number of hydrogen-bond acceptors (Lipinski definition) is 4. The van der Waals surface area contributed by atoms with Gasteiger partial charge in [0.2, 0.25) is 0 Å². The van der Waals surface area contributed by atoms with Gasteiger partial charge in [0, 0.05) is 25.1 Å². The molecule has 0 spiro atoms. The number of hydrogen-bond donors (Lipinski definition) is 3. The second-order valence-electron chi connectivity index (χ2n) is 5.78. The predicted octanol–water partition coefficient (Wildman–Crippen LogP) is 1.47. The van der Waals surface area contributed by atoms with Crippen LogP contribution < -0.4 is 10.9 Å². The zero-order chi connectivity index (χ0) is 13.2. The lowest BCUT2D eigenvalue weighted by atomic mass is 9.90. The molecule has 18 heavy (non-hydrogen) atoms. The first kappa shape index (κ1) is 13.1. The Kier molecular flexibility index (Phi) is 3.71. The van der Waals surface area contributed by atoms with Gasteiger partial charge in [0.05, 0.1) is 0 Å². The number of H-pyrrole nitrogens is 1. The zero-order valence-corrected chi connectivity index (χ0v) is 11.0. The molecule has 0 bridgehead atoms. The molecule has 0 unspecified atom stereocenters. The fourth-order valence-electron chi connectivity index (χ4n) is 1.84. The van der Waals surface area contributed by atoms with E-state index in [0.717, 1.165) is 25.1 Å². The molecule has 1 fully saturated rings. The van der Waals surface area contributed by atoms with Gasteiger partial charge in [-0.15, -0.1) is 0 Å². The molecule has 1 aromatic heterocycles. The first-order chi connectivity index (χ1) is 8.50. The van der Waals surface area contributed by atoms with Crippen LogP contribution in [0.15, 0.2) is 10.9 Å². The fraction of sp³-hybridized carbons (Fsp3) is 0.692. The van der Waals surface area contributed by atoms with E-state index in [1.165, 1.54) is 6.07 Å². The summed E-state index contributed by atoms with van der Waals surface area (Å²) in [5, 5.41) is 12.2. The average molecular weight is 251 g/mol. The minimum Gasteiger partial charge on any atom is -0.396 e. The quantitative estimate of drug-likeness (QED) is 0.715. The molecule has 5 nitrogen and oxygen atoms in total. The van der Waals surface area contributed by atoms with Crippen molar-refractivity contribution in [3.8, 4) is 0 Å². The third-order valence-corrected chi connectivity index (χ3v) is 3.26. The summed E-state index contributed by atoms with van der Waals surface area (Å²) in [4.78, 5) is 18.7. The third kappa shape index (κ3) is 3.57. The van der Waals surface area contributed by atoms with Crippen molar-refractivity contribution in [3.63, 3.8) is 0 Å². The molecule has 100 valence electrons. The standard InChI is InChI=1S/C13H21N3O2/c1-13(2,5-6-17)8-14-10-7-11(18)16-12(15-10)9-3-4-9/h7,9,17H,3-6,8H2,1-2H3,(H2,14,15,16,18). The molecule has 1 aliphatic carbocycles. The maximum Gasteiger partial charge on any atom is 0.252 e. The molecule has 0 aliphatic heterocycles. The molecule has 2 rings (SSSR count). The molecule has 3 N–H and O–H groups in total. The topological polar surface area (TPSA) is 78.0 Å². The van der Waals surface area contributed by atoms with E-state index in [0.29, 0.717) is 18.3 Å². The normalized spacial score (nSPS) is 15.7. The average Bonchev–Trinajstić information content (AvgIpc) is 3.09. The maximum atomic E-state index is 11.5. The van der Waals surface area contributed by atoms with Gasteiger partial charge in [-0.2, -0.15) is 0 Å². The summed E-state index contributed by atoms with van der Waals surface area (Å²) in [7, 11) is 0. The van der Waals surface area contributed by atoms with Crippen LogP contribution in [0.3, 0.4) is 0 Å². The molecule has 0 aromatic carbocycles. The van der Waals surface area contributed by atoms with E-state index in [1.54, 1.807) is 0 Å². The second kappa shape index (κ2) is 5.10. The van der Waals surface area contributed by atoms with Crippen molar-refractivity contribution < 1.29 is 5.11 Å². The largest absolute Gasteiger partial charge is 0.396 e. The van der Waals surface area contributed by atoms with Crippen molar-refractivity contribution in [2.24, 2.45) is 5.41 Å². The number of aromatic amines is 1. The Morgan fingerprint density at radius 3 is 2.89 bits per heavy atom. The summed E-state index contributed by atoms with van der Waals surface area (Å²) in [5.41, 5.74) is -0.118. The van der Waals surface area contributed by atoms with Crippen LogP contribution >= 0.6 is 0 Å². The van der Waals surface area contributed by atoms with E-state index >= 15 is 0 Å². The van der Waals surface area contributed by atoms with Crippen LogP contribution in [0.2, 0.25) is 0 Å². The van der Waals surface area contributed by atoms with Crippen LogP contribution in [0, 0.1) is 5.41 Å². The van der Waals surface area contributed by atoms with E-state index in [1.807, 2.05) is 0 Å². The summed E-state index contributed by atoms with van der Waals surface area (Å²) in [5.74, 6) is 1.86. The molecule has 1 saturated carbocycles. The SMILES string of the molecule is CC(C)(CCO)CNc1cc(=O)[nH]c(C2CC2)n1. The summed E-state index contributed by atoms with van der Waals surface area (Å²) < 4.78 is 0. The van der Waals surface area contributed by atoms with Crippen LogP contribution in [0.1, 0.15) is 44.9 Å². The van der Waals surface area contributed by atoms with Gasteiger partial charge in [0.15, 0.2) is 0 Å². The smallest absolute Gasteiger partial charge is 0.252 e. The van der Waals surface area contributed by atoms with E-state index < -0.39 is 0 Å². The number of aliphatic hydroxyl groups is 1. The number of anilines is 1. The van der Waals surface area contributed by atoms with E-state index in [-0.39, 0.29) is 17.6 Å². The molecule has 5 heteroatoms. The van der Waals surface area contributed by atoms with Crippen LogP contribution in [-0.4, -0.2) is 28.2 Å². The Morgan fingerprint density at radius 1 is 1.56 bits per heavy atom. The van der Waals surface area contributed by atoms with Crippen molar-refractivity contribution in [2.75, 3.05) is 18.5 Å². The van der Waals surface area contributed by atoms with Crippen molar-refractivity contribution in [1.82, 2.24) is 9.97 Å². The van der Waals surface area contributed by atoms with Gasteiger partial charge in [0.25, 0.3) is 5.56 Å². The van der Waals surface area contributed by atoms with E-state index in [9.17, 15) is 4.79 Å². The van der Waals surface area contributed by atoms with Crippen LogP contribution in [-0.2, 0) is 0 Å². The molecule has 0 atom stereocenters. The predicted molar refractivity (Wildman–Crippen MR) is 70.8 cm³/mol. The Bertz CT molecular complexity index is 464. The molecule has 0 radical (unpaired) electrons. The zero-order valence-electron chi connectivity index (χ0n) is 11.0. The van der Waals surface area contributed by atoms with Crippen molar-refractivity contribution in [2.45, 2.75) is 39.0 Å². The number of aliphatic hydroxyl groups excluding tert-OH is 1. The van der Waals surface area contributed by atoms with Crippen LogP contribution in [0.4, 0.5) is 5.82 Å². The number of rotatable bonds is 6. The Balaban J connectivity index is 2.02. The molecule has 1 aliphatic rings. The van der Waals surface area contributed by atoms with Crippen molar-refractivity contribution >= 4 is 5.82 Å². The highest BCUT2D eigenvalue weighted by Crippen LogP contribution is 2.37. The minimum absolute atomic E-state index is 0.0151. The Morgan fingerprint density at radius 2 is 2.28 bits per heavy atom. The summed E-state index contributed by atoms with van der Waals surface area (Å²) in [6.07, 6.45) is 2.95. The summed E-state index contributed by atoms with van der Waals surface area (Å²) >= 11 is 0. The minimum atomic E-state index is -0.102. The first-order valence-corrected chi connectivity index (χ1v) is 6.46. The Labute approximate surface area is 107 Å². The lowest BCUT2D eigenvalue weighted by Crippen LogP contribution is -2.25. The molecule has 1 heterocycles. The van der Waals surface area contributed by atoms with E-state index in [4.69, 9.17) is 5.11 Å². The van der Waals surface area contributed by atoms with Crippen LogP contribution in [0.5, 0.6) is 0 Å². The van der Waals surface area contributed by atoms with Gasteiger partial charge in [-0.25, -0.2) is 4.98 Å². The van der Waals surface area contributed by atoms with Gasteiger partial charge in [0.1, 0.15) is 11.6 Å². The lowest BCUT2D eigenvalue weighted by Gasteiger charge is -2.24. The number of nitrogens with zero attached hydrogens (tertiary/aromatic N) is 1. The van der Waals surface area contributed by atoms with Gasteiger partial charge >= 0.3 is 0 Å². The molecule has 0 amide bonds. The third-order valence-electron chi connectivity index (χ3n) is 3.26.